The van der Waals surface area contributed by atoms with Crippen molar-refractivity contribution in [2.45, 2.75) is 70.2 Å². The Balaban J connectivity index is 1.14. The van der Waals surface area contributed by atoms with Crippen LogP contribution in [-0.2, 0) is 17.8 Å². The van der Waals surface area contributed by atoms with Gasteiger partial charge in [-0.15, -0.1) is 0 Å². The van der Waals surface area contributed by atoms with Crippen LogP contribution in [0.5, 0.6) is 0 Å². The lowest BCUT2D eigenvalue weighted by atomic mass is 9.94. The molecule has 1 aromatic heterocycles. The maximum absolute atomic E-state index is 13.6. The Labute approximate surface area is 236 Å². The number of likely N-dealkylation sites (tertiary alicyclic amines) is 2. The number of fused-ring (bicyclic) bond motifs is 1. The van der Waals surface area contributed by atoms with Crippen LogP contribution in [-0.4, -0.2) is 92.5 Å². The number of anilines is 1. The summed E-state index contributed by atoms with van der Waals surface area (Å²) in [5.41, 5.74) is 3.02. The molecule has 0 bridgehead atoms. The highest BCUT2D eigenvalue weighted by atomic mass is 16.3. The molecule has 0 radical (unpaired) electrons. The Bertz CT molecular complexity index is 1320. The molecule has 40 heavy (non-hydrogen) atoms. The Kier molecular flexibility index (Phi) is 7.72. The Morgan fingerprint density at radius 3 is 2.45 bits per heavy atom. The van der Waals surface area contributed by atoms with E-state index in [0.717, 1.165) is 45.2 Å². The van der Waals surface area contributed by atoms with Gasteiger partial charge in [0.05, 0.1) is 6.10 Å². The van der Waals surface area contributed by atoms with Crippen LogP contribution in [0.1, 0.15) is 66.5 Å². The Morgan fingerprint density at radius 2 is 1.73 bits per heavy atom. The second-order valence-electron chi connectivity index (χ2n) is 11.6. The van der Waals surface area contributed by atoms with Crippen LogP contribution in [0.2, 0.25) is 0 Å². The van der Waals surface area contributed by atoms with Gasteiger partial charge in [0.2, 0.25) is 11.7 Å². The normalized spacial score (nSPS) is 23.6. The number of carbonyl (C=O) groups is 2. The Morgan fingerprint density at radius 1 is 0.975 bits per heavy atom. The average molecular weight is 543 g/mol. The molecule has 3 aliphatic heterocycles. The molecule has 210 valence electrons. The summed E-state index contributed by atoms with van der Waals surface area (Å²) in [5.74, 6) is 7.51. The third-order valence-corrected chi connectivity index (χ3v) is 8.67. The smallest absolute Gasteiger partial charge is 0.272 e. The van der Waals surface area contributed by atoms with Gasteiger partial charge in [-0.3, -0.25) is 14.5 Å². The molecule has 9 heteroatoms. The molecule has 1 saturated carbocycles. The molecular weight excluding hydrogens is 504 g/mol. The third kappa shape index (κ3) is 6.13. The number of β-amino-alcohol motifs (C(OH)–C–C–N with tert-alkyl or cyclic N) is 1. The van der Waals surface area contributed by atoms with Gasteiger partial charge in [0.25, 0.3) is 5.91 Å². The van der Waals surface area contributed by atoms with Gasteiger partial charge in [0.1, 0.15) is 11.5 Å². The number of nitrogens with zero attached hydrogens (tertiary/aromatic N) is 5. The number of piperidine rings is 2. The average Bonchev–Trinajstić information content (AvgIpc) is 3.80. The van der Waals surface area contributed by atoms with E-state index in [0.29, 0.717) is 49.3 Å². The largest absolute Gasteiger partial charge is 0.390 e. The quantitative estimate of drug-likeness (QED) is 0.572. The summed E-state index contributed by atoms with van der Waals surface area (Å²) < 4.78 is 0. The molecule has 9 nitrogen and oxygen atoms in total. The SMILES string of the molecule is CC(=O)N1CCC(Nc2cc(C(=O)N3CC[C@H](N4CCc5ccccc5C4)[C@@H](O)C3)nc(C#CC3CC3)n2)CC1. The van der Waals surface area contributed by atoms with Crippen LogP contribution in [0.3, 0.4) is 0 Å². The summed E-state index contributed by atoms with van der Waals surface area (Å²) in [6.07, 6.45) is 4.91. The van der Waals surface area contributed by atoms with Crippen LogP contribution >= 0.6 is 0 Å². The number of nitrogens with one attached hydrogen (secondary N) is 1. The molecule has 2 aromatic rings. The topological polar surface area (TPSA) is 102 Å². The molecule has 1 aromatic carbocycles. The van der Waals surface area contributed by atoms with Crippen molar-refractivity contribution < 1.29 is 14.7 Å². The molecule has 2 saturated heterocycles. The molecule has 6 rings (SSSR count). The first kappa shape index (κ1) is 26.7. The molecule has 2 atom stereocenters. The molecule has 2 amide bonds. The number of aliphatic hydroxyl groups is 1. The van der Waals surface area contributed by atoms with Crippen molar-refractivity contribution in [2.24, 2.45) is 5.92 Å². The first-order valence-corrected chi connectivity index (χ1v) is 14.6. The summed E-state index contributed by atoms with van der Waals surface area (Å²) in [7, 11) is 0. The van der Waals surface area contributed by atoms with Crippen LogP contribution in [0, 0.1) is 17.8 Å². The number of benzene rings is 1. The standard InChI is InChI=1S/C31H38N6O3/c1-21(38)35-15-11-25(12-16-35)32-30-18-26(33-29(34-30)9-8-22-6-7-22)31(40)37-17-13-27(28(39)20-37)36-14-10-23-4-2-3-5-24(23)19-36/h2-5,18,22,25,27-28,39H,6-7,10-17,19-20H2,1H3,(H,32,33,34)/t27-,28-/m0/s1. The third-order valence-electron chi connectivity index (χ3n) is 8.67. The van der Waals surface area contributed by atoms with Crippen molar-refractivity contribution in [1.29, 1.82) is 0 Å². The second kappa shape index (κ2) is 11.6. The van der Waals surface area contributed by atoms with Gasteiger partial charge in [-0.05, 0) is 55.6 Å². The number of hydrogen-bond donors (Lipinski definition) is 2. The van der Waals surface area contributed by atoms with Crippen LogP contribution in [0.25, 0.3) is 0 Å². The lowest BCUT2D eigenvalue weighted by molar-refractivity contribution is -0.129. The lowest BCUT2D eigenvalue weighted by Crippen LogP contribution is -2.56. The minimum atomic E-state index is -0.622. The van der Waals surface area contributed by atoms with Gasteiger partial charge in [-0.2, -0.15) is 0 Å². The number of aliphatic hydroxyl groups excluding tert-OH is 1. The molecule has 2 N–H and O–H groups in total. The van der Waals surface area contributed by atoms with Gasteiger partial charge in [0, 0.05) is 70.3 Å². The maximum Gasteiger partial charge on any atom is 0.272 e. The molecule has 0 unspecified atom stereocenters. The van der Waals surface area contributed by atoms with Gasteiger partial charge >= 0.3 is 0 Å². The molecule has 0 spiro atoms. The van der Waals surface area contributed by atoms with Gasteiger partial charge < -0.3 is 20.2 Å². The highest BCUT2D eigenvalue weighted by Crippen LogP contribution is 2.28. The van der Waals surface area contributed by atoms with E-state index in [1.54, 1.807) is 17.9 Å². The van der Waals surface area contributed by atoms with E-state index in [1.165, 1.54) is 11.1 Å². The fourth-order valence-electron chi connectivity index (χ4n) is 6.12. The van der Waals surface area contributed by atoms with Gasteiger partial charge in [0.15, 0.2) is 0 Å². The monoisotopic (exact) mass is 542 g/mol. The lowest BCUT2D eigenvalue weighted by Gasteiger charge is -2.43. The van der Waals surface area contributed by atoms with Crippen molar-refractivity contribution >= 4 is 17.6 Å². The fourth-order valence-corrected chi connectivity index (χ4v) is 6.12. The van der Waals surface area contributed by atoms with Crippen molar-refractivity contribution in [2.75, 3.05) is 38.0 Å². The van der Waals surface area contributed by atoms with Crippen LogP contribution in [0.4, 0.5) is 5.82 Å². The van der Waals surface area contributed by atoms with Crippen molar-refractivity contribution in [3.8, 4) is 11.8 Å². The van der Waals surface area contributed by atoms with E-state index in [1.807, 2.05) is 4.90 Å². The van der Waals surface area contributed by atoms with E-state index in [2.05, 4.69) is 56.3 Å². The van der Waals surface area contributed by atoms with Crippen molar-refractivity contribution in [1.82, 2.24) is 24.7 Å². The summed E-state index contributed by atoms with van der Waals surface area (Å²) in [5, 5.41) is 14.6. The van der Waals surface area contributed by atoms with E-state index in [9.17, 15) is 14.7 Å². The number of amides is 2. The van der Waals surface area contributed by atoms with Crippen molar-refractivity contribution in [3.05, 3.63) is 53.0 Å². The van der Waals surface area contributed by atoms with Gasteiger partial charge in [-0.1, -0.05) is 30.2 Å². The fraction of sp³-hybridized carbons (Fsp3) is 0.548. The predicted octanol–water partition coefficient (Wildman–Crippen LogP) is 2.29. The zero-order valence-corrected chi connectivity index (χ0v) is 23.2. The maximum atomic E-state index is 13.6. The number of rotatable bonds is 4. The first-order chi connectivity index (χ1) is 19.4. The molecule has 4 aliphatic rings. The van der Waals surface area contributed by atoms with Crippen molar-refractivity contribution in [3.63, 3.8) is 0 Å². The zero-order valence-electron chi connectivity index (χ0n) is 23.2. The zero-order chi connectivity index (χ0) is 27.6. The number of hydrogen-bond acceptors (Lipinski definition) is 7. The second-order valence-corrected chi connectivity index (χ2v) is 11.6. The van der Waals surface area contributed by atoms with E-state index >= 15 is 0 Å². The number of aromatic nitrogens is 2. The van der Waals surface area contributed by atoms with Crippen LogP contribution < -0.4 is 5.32 Å². The highest BCUT2D eigenvalue weighted by Gasteiger charge is 2.36. The summed E-state index contributed by atoms with van der Waals surface area (Å²) in [6.45, 7) is 5.61. The summed E-state index contributed by atoms with van der Waals surface area (Å²) in [6, 6.07) is 10.4. The minimum absolute atomic E-state index is 0.0286. The highest BCUT2D eigenvalue weighted by molar-refractivity contribution is 5.93. The first-order valence-electron chi connectivity index (χ1n) is 14.6. The molecular formula is C31H38N6O3. The molecule has 4 heterocycles. The molecule has 3 fully saturated rings. The predicted molar refractivity (Wildman–Crippen MR) is 151 cm³/mol. The minimum Gasteiger partial charge on any atom is -0.390 e. The summed E-state index contributed by atoms with van der Waals surface area (Å²) >= 11 is 0. The van der Waals surface area contributed by atoms with E-state index in [-0.39, 0.29) is 30.4 Å². The molecule has 1 aliphatic carbocycles. The number of carbonyl (C=O) groups excluding carboxylic acids is 2. The van der Waals surface area contributed by atoms with Gasteiger partial charge in [-0.25, -0.2) is 9.97 Å². The Hall–Kier alpha value is -3.48. The van der Waals surface area contributed by atoms with E-state index in [4.69, 9.17) is 0 Å². The van der Waals surface area contributed by atoms with E-state index < -0.39 is 6.10 Å². The van der Waals surface area contributed by atoms with Crippen LogP contribution in [0.15, 0.2) is 30.3 Å². The summed E-state index contributed by atoms with van der Waals surface area (Å²) in [4.78, 5) is 40.4.